The van der Waals surface area contributed by atoms with Gasteiger partial charge in [-0.3, -0.25) is 9.48 Å². The van der Waals surface area contributed by atoms with Gasteiger partial charge in [0.05, 0.1) is 16.8 Å². The van der Waals surface area contributed by atoms with Crippen molar-refractivity contribution in [3.8, 4) is 0 Å². The van der Waals surface area contributed by atoms with E-state index in [1.54, 1.807) is 15.9 Å². The van der Waals surface area contributed by atoms with Crippen LogP contribution < -0.4 is 0 Å². The summed E-state index contributed by atoms with van der Waals surface area (Å²) in [5.74, 6) is -0.227. The van der Waals surface area contributed by atoms with Gasteiger partial charge >= 0.3 is 0 Å². The number of halogens is 3. The highest BCUT2D eigenvalue weighted by Crippen LogP contribution is 2.45. The number of aryl methyl sites for hydroxylation is 1. The lowest BCUT2D eigenvalue weighted by Crippen LogP contribution is -2.32. The Morgan fingerprint density at radius 1 is 1.06 bits per heavy atom. The number of hydrogen-bond donors (Lipinski definition) is 0. The molecule has 1 aliphatic carbocycles. The fourth-order valence-corrected chi connectivity index (χ4v) is 5.22. The Bertz CT molecular complexity index is 1280. The summed E-state index contributed by atoms with van der Waals surface area (Å²) >= 11 is 18.6. The molecule has 5 nitrogen and oxygen atoms in total. The number of fused-ring (bicyclic) bond motifs is 1. The van der Waals surface area contributed by atoms with Crippen molar-refractivity contribution < 1.29 is 4.79 Å². The first-order valence-corrected chi connectivity index (χ1v) is 12.4. The second-order valence-corrected chi connectivity index (χ2v) is 9.81. The molecule has 1 fully saturated rings. The van der Waals surface area contributed by atoms with Crippen LogP contribution in [-0.2, 0) is 6.54 Å². The highest BCUT2D eigenvalue weighted by atomic mass is 35.5. The Morgan fingerprint density at radius 3 is 2.38 bits per heavy atom. The predicted molar refractivity (Wildman–Crippen MR) is 137 cm³/mol. The summed E-state index contributed by atoms with van der Waals surface area (Å²) in [4.78, 5) is 13.7. The molecule has 0 N–H and O–H groups in total. The Morgan fingerprint density at radius 2 is 1.74 bits per heavy atom. The molecule has 1 aromatic heterocycles. The summed E-state index contributed by atoms with van der Waals surface area (Å²) in [5.41, 5.74) is 4.34. The molecule has 0 unspecified atom stereocenters. The van der Waals surface area contributed by atoms with Gasteiger partial charge in [-0.25, -0.2) is 5.01 Å². The van der Waals surface area contributed by atoms with E-state index in [0.717, 1.165) is 41.7 Å². The normalized spacial score (nSPS) is 21.0. The second-order valence-electron chi connectivity index (χ2n) is 8.53. The van der Waals surface area contributed by atoms with Gasteiger partial charge < -0.3 is 0 Å². The molecule has 2 heterocycles. The number of rotatable bonds is 4. The monoisotopic (exact) mass is 512 g/mol. The number of hydrazone groups is 1. The van der Waals surface area contributed by atoms with E-state index in [4.69, 9.17) is 39.9 Å². The first-order chi connectivity index (χ1) is 16.4. The second kappa shape index (κ2) is 9.57. The number of hydrogen-bond acceptors (Lipinski definition) is 3. The standard InChI is InChI=1S/C26H23Cl3N4O/c1-2-32-15-22(29)24(30-32)26(34)33-25(17-8-12-20(28)13-9-17)21-5-3-4-18(23(21)31-33)14-16-6-10-19(27)11-7-16/h6-15,21,25H,2-5H2,1H3/b18-14-/t21-,25-/m0/s1. The van der Waals surface area contributed by atoms with Crippen LogP contribution in [0.2, 0.25) is 15.1 Å². The molecule has 8 heteroatoms. The summed E-state index contributed by atoms with van der Waals surface area (Å²) < 4.78 is 1.66. The summed E-state index contributed by atoms with van der Waals surface area (Å²) in [6.45, 7) is 2.57. The van der Waals surface area contributed by atoms with Crippen LogP contribution in [0.3, 0.4) is 0 Å². The topological polar surface area (TPSA) is 50.5 Å². The van der Waals surface area contributed by atoms with Gasteiger partial charge in [0.1, 0.15) is 0 Å². The molecular formula is C26H23Cl3N4O. The van der Waals surface area contributed by atoms with Crippen LogP contribution in [0.1, 0.15) is 53.8 Å². The van der Waals surface area contributed by atoms with E-state index in [1.165, 1.54) is 0 Å². The summed E-state index contributed by atoms with van der Waals surface area (Å²) in [6.07, 6.45) is 6.67. The van der Waals surface area contributed by atoms with E-state index in [2.05, 4.69) is 11.2 Å². The zero-order chi connectivity index (χ0) is 23.8. The van der Waals surface area contributed by atoms with Gasteiger partial charge in [0.25, 0.3) is 5.91 Å². The van der Waals surface area contributed by atoms with E-state index in [-0.39, 0.29) is 23.6 Å². The third-order valence-corrected chi connectivity index (χ3v) is 7.16. The first kappa shape index (κ1) is 23.2. The third kappa shape index (κ3) is 4.40. The van der Waals surface area contributed by atoms with Crippen LogP contribution in [0.4, 0.5) is 0 Å². The van der Waals surface area contributed by atoms with E-state index in [9.17, 15) is 4.79 Å². The van der Waals surface area contributed by atoms with Gasteiger partial charge in [-0.05, 0) is 73.2 Å². The van der Waals surface area contributed by atoms with E-state index < -0.39 is 0 Å². The van der Waals surface area contributed by atoms with Crippen LogP contribution in [-0.4, -0.2) is 26.4 Å². The fraction of sp³-hybridized carbons (Fsp3) is 0.269. The molecule has 3 aromatic rings. The summed E-state index contributed by atoms with van der Waals surface area (Å²) in [7, 11) is 0. The Hall–Kier alpha value is -2.60. The highest BCUT2D eigenvalue weighted by Gasteiger charge is 2.44. The van der Waals surface area contributed by atoms with Crippen molar-refractivity contribution in [1.29, 1.82) is 0 Å². The van der Waals surface area contributed by atoms with Crippen molar-refractivity contribution in [2.75, 3.05) is 0 Å². The molecule has 1 amide bonds. The number of benzene rings is 2. The van der Waals surface area contributed by atoms with Crippen molar-refractivity contribution in [2.45, 2.75) is 38.8 Å². The largest absolute Gasteiger partial charge is 0.296 e. The minimum absolute atomic E-state index is 0.0736. The maximum Gasteiger partial charge on any atom is 0.296 e. The number of amides is 1. The van der Waals surface area contributed by atoms with E-state index in [0.29, 0.717) is 21.6 Å². The van der Waals surface area contributed by atoms with E-state index >= 15 is 0 Å². The molecule has 1 saturated carbocycles. The van der Waals surface area contributed by atoms with Crippen molar-refractivity contribution >= 4 is 52.5 Å². The fourth-order valence-electron chi connectivity index (χ4n) is 4.73. The first-order valence-electron chi connectivity index (χ1n) is 11.3. The minimum atomic E-state index is -0.301. The highest BCUT2D eigenvalue weighted by molar-refractivity contribution is 6.33. The number of carbonyl (C=O) groups excluding carboxylic acids is 1. The quantitative estimate of drug-likeness (QED) is 0.367. The molecule has 2 atom stereocenters. The molecule has 174 valence electrons. The van der Waals surface area contributed by atoms with Gasteiger partial charge in [0, 0.05) is 28.7 Å². The molecular weight excluding hydrogens is 491 g/mol. The number of nitrogens with zero attached hydrogens (tertiary/aromatic N) is 4. The van der Waals surface area contributed by atoms with Crippen LogP contribution in [0, 0.1) is 5.92 Å². The lowest BCUT2D eigenvalue weighted by Gasteiger charge is -2.29. The average molecular weight is 514 g/mol. The van der Waals surface area contributed by atoms with Gasteiger partial charge in [0.2, 0.25) is 0 Å². The third-order valence-electron chi connectivity index (χ3n) is 6.38. The molecule has 0 saturated heterocycles. The number of carbonyl (C=O) groups is 1. The van der Waals surface area contributed by atoms with Crippen molar-refractivity contribution in [3.05, 3.63) is 92.2 Å². The Balaban J connectivity index is 1.58. The Kier molecular flexibility index (Phi) is 6.52. The van der Waals surface area contributed by atoms with Crippen molar-refractivity contribution in [1.82, 2.24) is 14.8 Å². The molecule has 1 aliphatic heterocycles. The average Bonchev–Trinajstić information content (AvgIpc) is 3.42. The van der Waals surface area contributed by atoms with Gasteiger partial charge in [-0.2, -0.15) is 10.2 Å². The molecule has 2 aliphatic rings. The lowest BCUT2D eigenvalue weighted by atomic mass is 9.77. The molecule has 5 rings (SSSR count). The Labute approximate surface area is 213 Å². The minimum Gasteiger partial charge on any atom is -0.271 e. The zero-order valence-corrected chi connectivity index (χ0v) is 20.9. The zero-order valence-electron chi connectivity index (χ0n) is 18.6. The van der Waals surface area contributed by atoms with E-state index in [1.807, 2.05) is 55.5 Å². The van der Waals surface area contributed by atoms with Crippen LogP contribution in [0.25, 0.3) is 6.08 Å². The summed E-state index contributed by atoms with van der Waals surface area (Å²) in [6, 6.07) is 15.1. The molecule has 2 aromatic carbocycles. The van der Waals surface area contributed by atoms with Crippen LogP contribution >= 0.6 is 34.8 Å². The number of aromatic nitrogens is 2. The van der Waals surface area contributed by atoms with Crippen LogP contribution in [0.5, 0.6) is 0 Å². The lowest BCUT2D eigenvalue weighted by molar-refractivity contribution is 0.0674. The molecule has 34 heavy (non-hydrogen) atoms. The maximum atomic E-state index is 13.7. The number of allylic oxidation sites excluding steroid dienone is 1. The predicted octanol–water partition coefficient (Wildman–Crippen LogP) is 7.30. The van der Waals surface area contributed by atoms with Crippen LogP contribution in [0.15, 0.2) is 65.4 Å². The van der Waals surface area contributed by atoms with Gasteiger partial charge in [-0.15, -0.1) is 0 Å². The molecule has 0 spiro atoms. The van der Waals surface area contributed by atoms with Crippen molar-refractivity contribution in [2.24, 2.45) is 11.0 Å². The smallest absolute Gasteiger partial charge is 0.271 e. The molecule has 0 bridgehead atoms. The van der Waals surface area contributed by atoms with Crippen molar-refractivity contribution in [3.63, 3.8) is 0 Å². The van der Waals surface area contributed by atoms with Gasteiger partial charge in [0.15, 0.2) is 5.69 Å². The van der Waals surface area contributed by atoms with Gasteiger partial charge in [-0.1, -0.05) is 59.1 Å². The SMILES string of the molecule is CCn1cc(Cl)c(C(=O)N2N=C3/C(=C\c4ccc(Cl)cc4)CCC[C@@H]3[C@@H]2c2ccc(Cl)cc2)n1. The molecule has 0 radical (unpaired) electrons. The summed E-state index contributed by atoms with van der Waals surface area (Å²) in [5, 5.41) is 12.6. The maximum absolute atomic E-state index is 13.7.